The Kier molecular flexibility index (Phi) is 6.37. The van der Waals surface area contributed by atoms with E-state index in [-0.39, 0.29) is 18.4 Å². The second-order valence-corrected chi connectivity index (χ2v) is 7.41. The van der Waals surface area contributed by atoms with Gasteiger partial charge in [-0.05, 0) is 54.4 Å². The Morgan fingerprint density at radius 1 is 1.09 bits per heavy atom. The number of ether oxygens (including phenoxy) is 2. The van der Waals surface area contributed by atoms with Gasteiger partial charge >= 0.3 is 5.97 Å². The van der Waals surface area contributed by atoms with Crippen LogP contribution in [0.4, 0.5) is 5.69 Å². The topological polar surface area (TPSA) is 95.6 Å². The van der Waals surface area contributed by atoms with E-state index in [0.29, 0.717) is 22.7 Å². The number of furan rings is 1. The Bertz CT molecular complexity index is 1270. The molecule has 0 saturated carbocycles. The lowest BCUT2D eigenvalue weighted by atomic mass is 10.0. The van der Waals surface area contributed by atoms with Crippen LogP contribution in [0.25, 0.3) is 28.3 Å². The molecular formula is C25H23N3O5. The SMILES string of the molecule is COCC(=O)Nc1ccc(-c2c(-c3ccco3)nn(-c3cccc(C)c3)c2OC(C)=O)cc1. The summed E-state index contributed by atoms with van der Waals surface area (Å²) in [5.41, 5.74) is 4.25. The molecule has 4 rings (SSSR count). The van der Waals surface area contributed by atoms with E-state index in [0.717, 1.165) is 16.8 Å². The van der Waals surface area contributed by atoms with Gasteiger partial charge in [-0.2, -0.15) is 9.78 Å². The average molecular weight is 445 g/mol. The number of methoxy groups -OCH3 is 1. The van der Waals surface area contributed by atoms with Crippen molar-refractivity contribution in [2.45, 2.75) is 13.8 Å². The van der Waals surface area contributed by atoms with Gasteiger partial charge < -0.3 is 19.2 Å². The first-order valence-corrected chi connectivity index (χ1v) is 10.3. The van der Waals surface area contributed by atoms with Crippen LogP contribution in [-0.4, -0.2) is 35.4 Å². The summed E-state index contributed by atoms with van der Waals surface area (Å²) in [6, 6.07) is 18.4. The van der Waals surface area contributed by atoms with Crippen LogP contribution in [0.5, 0.6) is 5.88 Å². The van der Waals surface area contributed by atoms with E-state index in [1.54, 1.807) is 35.2 Å². The number of amides is 1. The second-order valence-electron chi connectivity index (χ2n) is 7.41. The normalized spacial score (nSPS) is 10.8. The number of nitrogens with one attached hydrogen (secondary N) is 1. The van der Waals surface area contributed by atoms with Gasteiger partial charge in [0.15, 0.2) is 5.76 Å². The molecule has 0 unspecified atom stereocenters. The Labute approximate surface area is 190 Å². The molecule has 4 aromatic rings. The molecule has 0 aliphatic carbocycles. The number of aromatic nitrogens is 2. The van der Waals surface area contributed by atoms with Gasteiger partial charge in [0.2, 0.25) is 11.8 Å². The number of rotatable bonds is 7. The van der Waals surface area contributed by atoms with E-state index in [1.807, 2.05) is 43.3 Å². The van der Waals surface area contributed by atoms with Gasteiger partial charge in [-0.15, -0.1) is 0 Å². The van der Waals surface area contributed by atoms with Crippen LogP contribution in [-0.2, 0) is 14.3 Å². The molecule has 0 aliphatic heterocycles. The molecule has 168 valence electrons. The standard InChI is InChI=1S/C25H23N3O5/c1-16-6-4-7-20(14-16)28-25(33-17(2)29)23(24(27-28)21-8-5-13-32-21)18-9-11-19(12-10-18)26-22(30)15-31-3/h4-14H,15H2,1-3H3,(H,26,30). The first-order valence-electron chi connectivity index (χ1n) is 10.3. The highest BCUT2D eigenvalue weighted by Gasteiger charge is 2.26. The van der Waals surface area contributed by atoms with Gasteiger partial charge in [0, 0.05) is 19.7 Å². The molecule has 33 heavy (non-hydrogen) atoms. The van der Waals surface area contributed by atoms with Gasteiger partial charge in [0.1, 0.15) is 12.3 Å². The fourth-order valence-electron chi connectivity index (χ4n) is 3.46. The molecule has 0 saturated heterocycles. The summed E-state index contributed by atoms with van der Waals surface area (Å²) in [5, 5.41) is 7.51. The molecule has 1 N–H and O–H groups in total. The van der Waals surface area contributed by atoms with Crippen molar-refractivity contribution in [2.24, 2.45) is 0 Å². The quantitative estimate of drug-likeness (QED) is 0.417. The van der Waals surface area contributed by atoms with Gasteiger partial charge in [-0.1, -0.05) is 24.3 Å². The lowest BCUT2D eigenvalue weighted by molar-refractivity contribution is -0.132. The van der Waals surface area contributed by atoms with Crippen molar-refractivity contribution in [1.29, 1.82) is 0 Å². The van der Waals surface area contributed by atoms with Crippen LogP contribution in [0, 0.1) is 6.92 Å². The van der Waals surface area contributed by atoms with Crippen LogP contribution >= 0.6 is 0 Å². The van der Waals surface area contributed by atoms with Crippen molar-refractivity contribution in [3.63, 3.8) is 0 Å². The molecule has 0 fully saturated rings. The monoisotopic (exact) mass is 445 g/mol. The molecule has 0 spiro atoms. The minimum Gasteiger partial charge on any atom is -0.463 e. The number of carbonyl (C=O) groups is 2. The minimum absolute atomic E-state index is 0.0374. The number of benzene rings is 2. The number of anilines is 1. The van der Waals surface area contributed by atoms with Crippen molar-refractivity contribution in [3.8, 4) is 34.1 Å². The van der Waals surface area contributed by atoms with Crippen LogP contribution in [0.3, 0.4) is 0 Å². The summed E-state index contributed by atoms with van der Waals surface area (Å²) < 4.78 is 17.7. The van der Waals surface area contributed by atoms with E-state index >= 15 is 0 Å². The van der Waals surface area contributed by atoms with Crippen LogP contribution < -0.4 is 10.1 Å². The number of carbonyl (C=O) groups excluding carboxylic acids is 2. The molecule has 2 aromatic carbocycles. The highest BCUT2D eigenvalue weighted by Crippen LogP contribution is 2.41. The van der Waals surface area contributed by atoms with Crippen LogP contribution in [0.2, 0.25) is 0 Å². The molecule has 2 aromatic heterocycles. The predicted molar refractivity (Wildman–Crippen MR) is 123 cm³/mol. The third-order valence-electron chi connectivity index (χ3n) is 4.82. The zero-order valence-electron chi connectivity index (χ0n) is 18.5. The number of aryl methyl sites for hydroxylation is 1. The Morgan fingerprint density at radius 3 is 2.52 bits per heavy atom. The molecule has 0 radical (unpaired) electrons. The van der Waals surface area contributed by atoms with E-state index in [9.17, 15) is 9.59 Å². The maximum atomic E-state index is 12.0. The Hall–Kier alpha value is -4.17. The van der Waals surface area contributed by atoms with Crippen molar-refractivity contribution < 1.29 is 23.5 Å². The predicted octanol–water partition coefficient (Wildman–Crippen LogP) is 4.62. The summed E-state index contributed by atoms with van der Waals surface area (Å²) in [7, 11) is 1.46. The molecular weight excluding hydrogens is 422 g/mol. The van der Waals surface area contributed by atoms with E-state index in [1.165, 1.54) is 14.0 Å². The van der Waals surface area contributed by atoms with Crippen molar-refractivity contribution >= 4 is 17.6 Å². The number of esters is 1. The number of hydrogen-bond donors (Lipinski definition) is 1. The Morgan fingerprint density at radius 2 is 1.88 bits per heavy atom. The van der Waals surface area contributed by atoms with Gasteiger partial charge in [-0.25, -0.2) is 0 Å². The zero-order valence-corrected chi connectivity index (χ0v) is 18.5. The number of hydrogen-bond acceptors (Lipinski definition) is 6. The second kappa shape index (κ2) is 9.54. The summed E-state index contributed by atoms with van der Waals surface area (Å²) in [6.45, 7) is 3.28. The van der Waals surface area contributed by atoms with E-state index in [2.05, 4.69) is 5.32 Å². The fourth-order valence-corrected chi connectivity index (χ4v) is 3.46. The van der Waals surface area contributed by atoms with Gasteiger partial charge in [0.25, 0.3) is 0 Å². The third-order valence-corrected chi connectivity index (χ3v) is 4.82. The minimum atomic E-state index is -0.473. The summed E-state index contributed by atoms with van der Waals surface area (Å²) >= 11 is 0. The summed E-state index contributed by atoms with van der Waals surface area (Å²) in [5.74, 6) is 0.0758. The maximum absolute atomic E-state index is 12.0. The Balaban J connectivity index is 1.87. The average Bonchev–Trinajstić information content (AvgIpc) is 3.42. The van der Waals surface area contributed by atoms with Crippen LogP contribution in [0.1, 0.15) is 12.5 Å². The number of nitrogens with zero attached hydrogens (tertiary/aromatic N) is 2. The van der Waals surface area contributed by atoms with Crippen molar-refractivity contribution in [2.75, 3.05) is 19.0 Å². The van der Waals surface area contributed by atoms with Crippen LogP contribution in [0.15, 0.2) is 71.3 Å². The highest BCUT2D eigenvalue weighted by molar-refractivity contribution is 5.92. The molecule has 0 bridgehead atoms. The highest BCUT2D eigenvalue weighted by atomic mass is 16.5. The lowest BCUT2D eigenvalue weighted by Crippen LogP contribution is -2.16. The lowest BCUT2D eigenvalue weighted by Gasteiger charge is -2.10. The first kappa shape index (κ1) is 22.0. The van der Waals surface area contributed by atoms with E-state index in [4.69, 9.17) is 19.0 Å². The molecule has 0 aliphatic rings. The van der Waals surface area contributed by atoms with Crippen molar-refractivity contribution in [1.82, 2.24) is 9.78 Å². The molecule has 8 nitrogen and oxygen atoms in total. The smallest absolute Gasteiger partial charge is 0.309 e. The molecule has 2 heterocycles. The first-order chi connectivity index (χ1) is 16.0. The molecule has 1 amide bonds. The van der Waals surface area contributed by atoms with E-state index < -0.39 is 5.97 Å². The van der Waals surface area contributed by atoms with Crippen molar-refractivity contribution in [3.05, 3.63) is 72.5 Å². The summed E-state index contributed by atoms with van der Waals surface area (Å²) in [4.78, 5) is 23.9. The summed E-state index contributed by atoms with van der Waals surface area (Å²) in [6.07, 6.45) is 1.56. The zero-order chi connectivity index (χ0) is 23.4. The molecule has 0 atom stereocenters. The van der Waals surface area contributed by atoms with Gasteiger partial charge in [0.05, 0.1) is 17.5 Å². The fraction of sp³-hybridized carbons (Fsp3) is 0.160. The maximum Gasteiger partial charge on any atom is 0.309 e. The van der Waals surface area contributed by atoms with Gasteiger partial charge in [-0.3, -0.25) is 9.59 Å². The third kappa shape index (κ3) is 4.86. The molecule has 8 heteroatoms. The largest absolute Gasteiger partial charge is 0.463 e.